The number of sulfonamides is 2. The second-order valence-electron chi connectivity index (χ2n) is 7.25. The molecule has 2 atom stereocenters. The normalized spacial score (nSPS) is 22.1. The summed E-state index contributed by atoms with van der Waals surface area (Å²) in [7, 11) is -9.00. The van der Waals surface area contributed by atoms with Gasteiger partial charge in [0, 0.05) is 15.6 Å². The van der Waals surface area contributed by atoms with Gasteiger partial charge in [-0.3, -0.25) is 0 Å². The fourth-order valence-electron chi connectivity index (χ4n) is 3.78. The van der Waals surface area contributed by atoms with Gasteiger partial charge in [-0.25, -0.2) is 27.1 Å². The fraction of sp³-hybridized carbons (Fsp3) is 0.200. The quantitative estimate of drug-likeness (QED) is 0.551. The van der Waals surface area contributed by atoms with Crippen LogP contribution in [0.1, 0.15) is 22.3 Å². The maximum Gasteiger partial charge on any atom is 0.238 e. The minimum Gasteiger partial charge on any atom is -0.376 e. The van der Waals surface area contributed by atoms with Crippen LogP contribution in [0.15, 0.2) is 53.5 Å². The molecule has 5 N–H and O–H groups in total. The van der Waals surface area contributed by atoms with E-state index in [4.69, 9.17) is 33.5 Å². The molecule has 0 heterocycles. The Morgan fingerprint density at radius 2 is 1.48 bits per heavy atom. The number of halogens is 2. The molecule has 0 bridgehead atoms. The molecule has 0 amide bonds. The molecular formula is C20H20Cl2N2O5S2. The summed E-state index contributed by atoms with van der Waals surface area (Å²) in [6.07, 6.45) is 2.20. The Morgan fingerprint density at radius 1 is 0.935 bits per heavy atom. The molecule has 2 aromatic carbocycles. The van der Waals surface area contributed by atoms with Crippen molar-refractivity contribution in [2.75, 3.05) is 0 Å². The predicted octanol–water partition coefficient (Wildman–Crippen LogP) is 2.72. The van der Waals surface area contributed by atoms with Crippen molar-refractivity contribution >= 4 is 48.8 Å². The molecule has 0 saturated carbocycles. The Bertz CT molecular complexity index is 1350. The number of aliphatic hydroxyl groups is 1. The zero-order chi connectivity index (χ0) is 23.4. The molecule has 31 heavy (non-hydrogen) atoms. The molecule has 2 unspecified atom stereocenters. The molecule has 3 rings (SSSR count). The highest BCUT2D eigenvalue weighted by molar-refractivity contribution is 7.93. The topological polar surface area (TPSA) is 141 Å². The van der Waals surface area contributed by atoms with Crippen LogP contribution in [0.2, 0.25) is 10.0 Å². The van der Waals surface area contributed by atoms with Crippen LogP contribution in [0.4, 0.5) is 0 Å². The lowest BCUT2D eigenvalue weighted by atomic mass is 9.81. The van der Waals surface area contributed by atoms with E-state index in [1.165, 1.54) is 24.3 Å². The van der Waals surface area contributed by atoms with Gasteiger partial charge in [-0.15, -0.1) is 0 Å². The highest BCUT2D eigenvalue weighted by Gasteiger charge is 2.47. The van der Waals surface area contributed by atoms with Gasteiger partial charge < -0.3 is 5.11 Å². The van der Waals surface area contributed by atoms with E-state index < -0.39 is 35.8 Å². The zero-order valence-electron chi connectivity index (χ0n) is 16.5. The average Bonchev–Trinajstić information content (AvgIpc) is 2.63. The van der Waals surface area contributed by atoms with Gasteiger partial charge in [0.15, 0.2) is 0 Å². The van der Waals surface area contributed by atoms with E-state index in [0.29, 0.717) is 11.1 Å². The number of hydrogen-bond donors (Lipinski definition) is 3. The van der Waals surface area contributed by atoms with Crippen LogP contribution in [0, 0.1) is 13.8 Å². The summed E-state index contributed by atoms with van der Waals surface area (Å²) < 4.78 is 50.6. The minimum absolute atomic E-state index is 0.130. The molecule has 0 fully saturated rings. The first-order chi connectivity index (χ1) is 14.2. The van der Waals surface area contributed by atoms with E-state index in [1.807, 2.05) is 0 Å². The predicted molar refractivity (Wildman–Crippen MR) is 122 cm³/mol. The van der Waals surface area contributed by atoms with Crippen molar-refractivity contribution in [3.05, 3.63) is 85.8 Å². The van der Waals surface area contributed by atoms with Crippen molar-refractivity contribution in [1.29, 1.82) is 0 Å². The van der Waals surface area contributed by atoms with Gasteiger partial charge in [0.1, 0.15) is 15.8 Å². The Labute approximate surface area is 191 Å². The molecular weight excluding hydrogens is 483 g/mol. The maximum absolute atomic E-state index is 12.8. The van der Waals surface area contributed by atoms with Crippen LogP contribution >= 0.6 is 23.2 Å². The Hall–Kier alpha value is -1.72. The van der Waals surface area contributed by atoms with Gasteiger partial charge in [-0.1, -0.05) is 53.5 Å². The molecule has 7 nitrogen and oxygen atoms in total. The number of rotatable bonds is 4. The summed E-state index contributed by atoms with van der Waals surface area (Å²) >= 11 is 12.4. The lowest BCUT2D eigenvalue weighted by Gasteiger charge is -2.36. The molecule has 2 aromatic rings. The van der Waals surface area contributed by atoms with Gasteiger partial charge in [-0.2, -0.15) is 0 Å². The minimum atomic E-state index is -4.66. The van der Waals surface area contributed by atoms with Crippen LogP contribution in [0.3, 0.4) is 0 Å². The van der Waals surface area contributed by atoms with E-state index in [-0.39, 0.29) is 26.7 Å². The second-order valence-corrected chi connectivity index (χ2v) is 11.2. The number of primary sulfonamides is 2. The van der Waals surface area contributed by atoms with E-state index in [0.717, 1.165) is 12.2 Å². The summed E-state index contributed by atoms with van der Waals surface area (Å²) in [6, 6.07) is 9.18. The van der Waals surface area contributed by atoms with Gasteiger partial charge in [-0.05, 0) is 54.3 Å². The largest absolute Gasteiger partial charge is 0.376 e. The van der Waals surface area contributed by atoms with Crippen molar-refractivity contribution in [1.82, 2.24) is 0 Å². The Kier molecular flexibility index (Phi) is 6.18. The van der Waals surface area contributed by atoms with Gasteiger partial charge >= 0.3 is 0 Å². The first-order valence-electron chi connectivity index (χ1n) is 8.91. The Morgan fingerprint density at radius 3 is 2.03 bits per heavy atom. The first-order valence-corrected chi connectivity index (χ1v) is 12.8. The lowest BCUT2D eigenvalue weighted by molar-refractivity contribution is 0.136. The van der Waals surface area contributed by atoms with Gasteiger partial charge in [0.25, 0.3) is 0 Å². The van der Waals surface area contributed by atoms with Crippen molar-refractivity contribution in [3.8, 4) is 0 Å². The van der Waals surface area contributed by atoms with Crippen LogP contribution in [-0.2, 0) is 25.6 Å². The third-order valence-corrected chi connectivity index (χ3v) is 8.28. The van der Waals surface area contributed by atoms with Crippen LogP contribution in [0.25, 0.3) is 5.57 Å². The summed E-state index contributed by atoms with van der Waals surface area (Å²) in [5, 5.41) is 21.6. The molecule has 0 aliphatic heterocycles. The van der Waals surface area contributed by atoms with Crippen LogP contribution in [-0.4, -0.2) is 27.2 Å². The van der Waals surface area contributed by atoms with Crippen molar-refractivity contribution < 1.29 is 21.9 Å². The van der Waals surface area contributed by atoms with E-state index in [1.54, 1.807) is 26.0 Å². The maximum atomic E-state index is 12.8. The van der Waals surface area contributed by atoms with Crippen LogP contribution in [0.5, 0.6) is 0 Å². The van der Waals surface area contributed by atoms with E-state index >= 15 is 0 Å². The highest BCUT2D eigenvalue weighted by Crippen LogP contribution is 2.47. The molecule has 1 aliphatic carbocycles. The van der Waals surface area contributed by atoms with Crippen LogP contribution < -0.4 is 10.3 Å². The average molecular weight is 503 g/mol. The SMILES string of the molecule is Cc1c(Cl)cccc1C1=C(S(N)(=O)=O)C(O)(c2cccc(Cl)c2C)C=CC1S(N)(=O)=O. The summed E-state index contributed by atoms with van der Waals surface area (Å²) in [4.78, 5) is -0.711. The molecule has 166 valence electrons. The smallest absolute Gasteiger partial charge is 0.238 e. The summed E-state index contributed by atoms with van der Waals surface area (Å²) in [5.74, 6) is 0. The van der Waals surface area contributed by atoms with Crippen molar-refractivity contribution in [3.63, 3.8) is 0 Å². The summed E-state index contributed by atoms with van der Waals surface area (Å²) in [6.45, 7) is 3.19. The monoisotopic (exact) mass is 502 g/mol. The first kappa shape index (κ1) is 23.9. The van der Waals surface area contributed by atoms with E-state index in [9.17, 15) is 21.9 Å². The second kappa shape index (κ2) is 8.00. The fourth-order valence-corrected chi connectivity index (χ4v) is 6.23. The molecule has 1 aliphatic rings. The van der Waals surface area contributed by atoms with Crippen molar-refractivity contribution in [2.24, 2.45) is 10.3 Å². The molecule has 11 heteroatoms. The standard InChI is InChI=1S/C20H20Cl2N2O5S2/c1-11-13(5-3-7-15(11)21)18-17(30(23,26)27)9-10-20(25,19(18)31(24,28)29)14-6-4-8-16(22)12(14)2/h3-10,17,25H,1-2H3,(H2,23,26,27)(H2,24,28,29). The highest BCUT2D eigenvalue weighted by atomic mass is 35.5. The Balaban J connectivity index is 2.56. The van der Waals surface area contributed by atoms with Gasteiger partial charge in [0.2, 0.25) is 20.0 Å². The summed E-state index contributed by atoms with van der Waals surface area (Å²) in [5.41, 5.74) is -1.46. The third-order valence-electron chi connectivity index (χ3n) is 5.26. The zero-order valence-corrected chi connectivity index (χ0v) is 19.6. The molecule has 0 aromatic heterocycles. The van der Waals surface area contributed by atoms with E-state index in [2.05, 4.69) is 0 Å². The molecule has 0 radical (unpaired) electrons. The molecule has 0 spiro atoms. The lowest BCUT2D eigenvalue weighted by Crippen LogP contribution is -2.42. The molecule has 0 saturated heterocycles. The third kappa shape index (κ3) is 4.19. The number of benzene rings is 2. The van der Waals surface area contributed by atoms with Gasteiger partial charge in [0.05, 0.1) is 0 Å². The van der Waals surface area contributed by atoms with Crippen molar-refractivity contribution in [2.45, 2.75) is 24.7 Å². The number of hydrogen-bond acceptors (Lipinski definition) is 5. The number of nitrogens with two attached hydrogens (primary N) is 2.